The highest BCUT2D eigenvalue weighted by molar-refractivity contribution is 7.95. The number of benzene rings is 2. The number of anilines is 1. The molecule has 1 atom stereocenters. The van der Waals surface area contributed by atoms with Crippen LogP contribution in [0.1, 0.15) is 18.1 Å². The lowest BCUT2D eigenvalue weighted by Gasteiger charge is -2.26. The molecule has 4 N–H and O–H groups in total. The molecular formula is C24H25N5O6S. The van der Waals surface area contributed by atoms with Crippen LogP contribution in [0.3, 0.4) is 0 Å². The van der Waals surface area contributed by atoms with E-state index in [1.165, 1.54) is 5.01 Å². The number of carbonyl (C=O) groups is 1. The third-order valence-electron chi connectivity index (χ3n) is 5.53. The Morgan fingerprint density at radius 2 is 1.53 bits per heavy atom. The summed E-state index contributed by atoms with van der Waals surface area (Å²) in [4.78, 5) is 12.8. The number of hydrazone groups is 1. The number of amides is 1. The van der Waals surface area contributed by atoms with E-state index in [0.29, 0.717) is 22.5 Å². The van der Waals surface area contributed by atoms with Gasteiger partial charge in [-0.1, -0.05) is 42.5 Å². The molecule has 0 fully saturated rings. The Labute approximate surface area is 208 Å². The second kappa shape index (κ2) is 10.5. The highest BCUT2D eigenvalue weighted by atomic mass is 32.2. The molecule has 12 heteroatoms. The molecule has 2 aromatic rings. The van der Waals surface area contributed by atoms with Crippen molar-refractivity contribution < 1.29 is 28.9 Å². The van der Waals surface area contributed by atoms with E-state index in [2.05, 4.69) is 15.3 Å². The van der Waals surface area contributed by atoms with Gasteiger partial charge in [0.15, 0.2) is 15.7 Å². The fourth-order valence-corrected chi connectivity index (χ4v) is 5.48. The lowest BCUT2D eigenvalue weighted by atomic mass is 9.94. The molecule has 2 aliphatic rings. The minimum Gasteiger partial charge on any atom is -0.506 e. The van der Waals surface area contributed by atoms with E-state index < -0.39 is 34.9 Å². The van der Waals surface area contributed by atoms with Crippen molar-refractivity contribution in [3.63, 3.8) is 0 Å². The van der Waals surface area contributed by atoms with E-state index in [9.17, 15) is 28.9 Å². The minimum atomic E-state index is -3.93. The largest absolute Gasteiger partial charge is 0.506 e. The molecule has 1 unspecified atom stereocenters. The molecule has 4 rings (SSSR count). The van der Waals surface area contributed by atoms with E-state index in [-0.39, 0.29) is 29.4 Å². The molecule has 1 aliphatic heterocycles. The maximum absolute atomic E-state index is 13.4. The van der Waals surface area contributed by atoms with Crippen LogP contribution in [0.25, 0.3) is 0 Å². The standard InChI is InChI=1S/C24H25N5O6S/c1-16-22(24(33)29(27-16)17-7-3-2-4-8-17)25-26-23-19-10-6-5-9-18(19)21(15-20(23)32)36(34,35)28(11-13-30)12-14-31/h2-10,15,30-32H,11-14H2,1H3,(H,34,35). The van der Waals surface area contributed by atoms with Gasteiger partial charge in [0.2, 0.25) is 0 Å². The number of rotatable bonds is 7. The highest BCUT2D eigenvalue weighted by Gasteiger charge is 2.32. The second-order valence-electron chi connectivity index (χ2n) is 7.85. The lowest BCUT2D eigenvalue weighted by molar-refractivity contribution is -0.112. The summed E-state index contributed by atoms with van der Waals surface area (Å²) >= 11 is 0. The third-order valence-corrected chi connectivity index (χ3v) is 7.51. The first kappa shape index (κ1) is 25.4. The van der Waals surface area contributed by atoms with Crippen molar-refractivity contribution in [2.24, 2.45) is 15.3 Å². The summed E-state index contributed by atoms with van der Waals surface area (Å²) in [5.74, 6) is -0.910. The fraction of sp³-hybridized carbons (Fsp3) is 0.208. The second-order valence-corrected chi connectivity index (χ2v) is 9.80. The van der Waals surface area contributed by atoms with Crippen LogP contribution in [-0.4, -0.2) is 82.6 Å². The summed E-state index contributed by atoms with van der Waals surface area (Å²) < 4.78 is 25.4. The Morgan fingerprint density at radius 1 is 0.944 bits per heavy atom. The Morgan fingerprint density at radius 3 is 2.17 bits per heavy atom. The van der Waals surface area contributed by atoms with Crippen LogP contribution in [0.4, 0.5) is 5.69 Å². The molecule has 0 radical (unpaired) electrons. The summed E-state index contributed by atoms with van der Waals surface area (Å²) in [5.41, 5.74) is 1.55. The first-order valence-corrected chi connectivity index (χ1v) is 12.5. The first-order chi connectivity index (χ1) is 17.3. The summed E-state index contributed by atoms with van der Waals surface area (Å²) in [6.07, 6.45) is 1.11. The number of aliphatic hydroxyl groups excluding tert-OH is 3. The molecule has 1 amide bonds. The lowest BCUT2D eigenvalue weighted by Crippen LogP contribution is -2.40. The van der Waals surface area contributed by atoms with Crippen molar-refractivity contribution in [3.05, 3.63) is 77.6 Å². The smallest absolute Gasteiger partial charge is 0.301 e. The summed E-state index contributed by atoms with van der Waals surface area (Å²) in [7, 11) is -3.93. The summed E-state index contributed by atoms with van der Waals surface area (Å²) in [5, 5.41) is 43.1. The Kier molecular flexibility index (Phi) is 7.43. The van der Waals surface area contributed by atoms with Crippen LogP contribution in [-0.2, 0) is 14.8 Å². The van der Waals surface area contributed by atoms with Gasteiger partial charge >= 0.3 is 5.91 Å². The third kappa shape index (κ3) is 4.72. The van der Waals surface area contributed by atoms with Gasteiger partial charge in [0.1, 0.15) is 11.5 Å². The molecule has 0 saturated heterocycles. The van der Waals surface area contributed by atoms with Gasteiger partial charge in [-0.25, -0.2) is 8.51 Å². The maximum atomic E-state index is 13.4. The maximum Gasteiger partial charge on any atom is 0.301 e. The van der Waals surface area contributed by atoms with Gasteiger partial charge in [-0.15, -0.1) is 10.2 Å². The van der Waals surface area contributed by atoms with Crippen molar-refractivity contribution >= 4 is 43.6 Å². The number of fused-ring (bicyclic) bond motifs is 1. The quantitative estimate of drug-likeness (QED) is 0.323. The molecule has 0 aromatic heterocycles. The molecule has 0 saturated carbocycles. The predicted octanol–water partition coefficient (Wildman–Crippen LogP) is 1.19. The zero-order valence-corrected chi connectivity index (χ0v) is 20.2. The van der Waals surface area contributed by atoms with Gasteiger partial charge in [-0.2, -0.15) is 10.1 Å². The monoisotopic (exact) mass is 511 g/mol. The van der Waals surface area contributed by atoms with E-state index in [1.54, 1.807) is 55.5 Å². The Balaban J connectivity index is 1.78. The van der Waals surface area contributed by atoms with Crippen LogP contribution in [0.2, 0.25) is 0 Å². The molecule has 1 heterocycles. The van der Waals surface area contributed by atoms with Crippen LogP contribution < -0.4 is 5.01 Å². The fourth-order valence-electron chi connectivity index (χ4n) is 3.82. The number of aliphatic hydroxyl groups is 3. The summed E-state index contributed by atoms with van der Waals surface area (Å²) in [6, 6.07) is 15.4. The van der Waals surface area contributed by atoms with Crippen LogP contribution in [0.15, 0.2) is 81.7 Å². The molecule has 11 nitrogen and oxygen atoms in total. The van der Waals surface area contributed by atoms with Gasteiger partial charge in [0.05, 0.1) is 29.5 Å². The Hall–Kier alpha value is -3.68. The van der Waals surface area contributed by atoms with Crippen molar-refractivity contribution in [1.29, 1.82) is 0 Å². The number of allylic oxidation sites excluding steroid dienone is 2. The Bertz CT molecular complexity index is 1420. The van der Waals surface area contributed by atoms with Crippen molar-refractivity contribution in [2.75, 3.05) is 31.3 Å². The predicted molar refractivity (Wildman–Crippen MR) is 139 cm³/mol. The highest BCUT2D eigenvalue weighted by Crippen LogP contribution is 2.25. The van der Waals surface area contributed by atoms with Gasteiger partial charge in [0.25, 0.3) is 0 Å². The number of nitrogens with zero attached hydrogens (tertiary/aromatic N) is 5. The minimum absolute atomic E-state index is 0.00516. The van der Waals surface area contributed by atoms with Crippen molar-refractivity contribution in [2.45, 2.75) is 6.92 Å². The number of para-hydroxylation sites is 1. The summed E-state index contributed by atoms with van der Waals surface area (Å²) in [6.45, 7) is 0.490. The zero-order chi connectivity index (χ0) is 25.9. The van der Waals surface area contributed by atoms with Gasteiger partial charge in [-0.3, -0.25) is 4.79 Å². The first-order valence-electron chi connectivity index (χ1n) is 11.0. The topological polar surface area (TPSA) is 159 Å². The molecule has 0 bridgehead atoms. The van der Waals surface area contributed by atoms with E-state index >= 15 is 0 Å². The van der Waals surface area contributed by atoms with Crippen molar-refractivity contribution in [1.82, 2.24) is 4.31 Å². The van der Waals surface area contributed by atoms with E-state index in [1.807, 2.05) is 6.07 Å². The SMILES string of the molecule is CC1=NN(c2ccccc2)C(=O)C1=NN=C1C(O)=CC(=S(=O)(O)N(CCO)CCO)c2ccccc21. The van der Waals surface area contributed by atoms with E-state index in [4.69, 9.17) is 0 Å². The normalized spacial score (nSPS) is 19.5. The molecule has 1 aliphatic carbocycles. The average molecular weight is 512 g/mol. The van der Waals surface area contributed by atoms with Gasteiger partial charge < -0.3 is 19.9 Å². The van der Waals surface area contributed by atoms with Crippen molar-refractivity contribution in [3.8, 4) is 0 Å². The molecule has 36 heavy (non-hydrogen) atoms. The number of carbonyl (C=O) groups excluding carboxylic acids is 1. The van der Waals surface area contributed by atoms with Crippen LogP contribution in [0.5, 0.6) is 0 Å². The average Bonchev–Trinajstić information content (AvgIpc) is 3.16. The number of hydrogen-bond donors (Lipinski definition) is 4. The van der Waals surface area contributed by atoms with Gasteiger partial charge in [-0.05, 0) is 19.1 Å². The number of hydrogen-bond acceptors (Lipinski definition) is 8. The molecule has 188 valence electrons. The zero-order valence-electron chi connectivity index (χ0n) is 19.4. The molecular weight excluding hydrogens is 486 g/mol. The van der Waals surface area contributed by atoms with E-state index in [0.717, 1.165) is 10.4 Å². The van der Waals surface area contributed by atoms with Crippen LogP contribution in [0, 0.1) is 0 Å². The van der Waals surface area contributed by atoms with Gasteiger partial charge in [0, 0.05) is 30.3 Å². The molecule has 2 aromatic carbocycles. The van der Waals surface area contributed by atoms with Crippen LogP contribution >= 0.6 is 0 Å². The molecule has 0 spiro atoms.